The zero-order valence-corrected chi connectivity index (χ0v) is 15.0. The molecule has 1 saturated heterocycles. The Hall–Kier alpha value is -1.39. The number of carbonyl (C=O) groups is 1. The zero-order chi connectivity index (χ0) is 17.2. The Kier molecular flexibility index (Phi) is 5.09. The Labute approximate surface area is 150 Å². The number of benzene rings is 1. The van der Waals surface area contributed by atoms with Crippen LogP contribution in [0.15, 0.2) is 24.3 Å². The van der Waals surface area contributed by atoms with Gasteiger partial charge >= 0.3 is 0 Å². The number of aliphatic hydroxyl groups is 1. The molecule has 2 unspecified atom stereocenters. The summed E-state index contributed by atoms with van der Waals surface area (Å²) in [5.41, 5.74) is 2.38. The first kappa shape index (κ1) is 17.0. The molecule has 1 aromatic rings. The quantitative estimate of drug-likeness (QED) is 0.888. The fraction of sp³-hybridized carbons (Fsp3) is 0.667. The normalized spacial score (nSPS) is 28.7. The van der Waals surface area contributed by atoms with Gasteiger partial charge in [0.1, 0.15) is 0 Å². The van der Waals surface area contributed by atoms with Crippen molar-refractivity contribution in [3.8, 4) is 0 Å². The molecule has 2 N–H and O–H groups in total. The van der Waals surface area contributed by atoms with E-state index in [2.05, 4.69) is 28.4 Å². The maximum atomic E-state index is 12.4. The predicted molar refractivity (Wildman–Crippen MR) is 98.2 cm³/mol. The van der Waals surface area contributed by atoms with Gasteiger partial charge in [-0.05, 0) is 43.2 Å². The lowest BCUT2D eigenvalue weighted by atomic mass is 9.88. The Balaban J connectivity index is 1.28. The third-order valence-electron chi connectivity index (χ3n) is 6.49. The molecule has 0 bridgehead atoms. The highest BCUT2D eigenvalue weighted by Gasteiger charge is 2.36. The Morgan fingerprint density at radius 1 is 1.04 bits per heavy atom. The first-order chi connectivity index (χ1) is 12.2. The minimum absolute atomic E-state index is 0.201. The molecule has 4 heteroatoms. The third kappa shape index (κ3) is 3.61. The monoisotopic (exact) mass is 342 g/mol. The highest BCUT2D eigenvalue weighted by molar-refractivity contribution is 5.79. The highest BCUT2D eigenvalue weighted by atomic mass is 16.3. The molecule has 1 aromatic carbocycles. The average Bonchev–Trinajstić information content (AvgIpc) is 3.00. The van der Waals surface area contributed by atoms with Crippen molar-refractivity contribution in [1.82, 2.24) is 10.2 Å². The fourth-order valence-electron chi connectivity index (χ4n) is 4.94. The number of carbonyl (C=O) groups excluding carboxylic acids is 1. The Bertz CT molecular complexity index is 604. The van der Waals surface area contributed by atoms with E-state index in [-0.39, 0.29) is 24.0 Å². The number of fused-ring (bicyclic) bond motifs is 1. The molecule has 0 radical (unpaired) electrons. The lowest BCUT2D eigenvalue weighted by Crippen LogP contribution is -2.50. The molecule has 2 fully saturated rings. The van der Waals surface area contributed by atoms with Crippen molar-refractivity contribution in [1.29, 1.82) is 0 Å². The molecule has 136 valence electrons. The molecule has 2 aliphatic carbocycles. The molecule has 0 spiro atoms. The number of piperidine rings is 1. The van der Waals surface area contributed by atoms with Crippen LogP contribution < -0.4 is 5.32 Å². The number of likely N-dealkylation sites (tertiary alicyclic amines) is 1. The van der Waals surface area contributed by atoms with Crippen LogP contribution in [0.25, 0.3) is 0 Å². The lowest BCUT2D eigenvalue weighted by Gasteiger charge is -2.38. The van der Waals surface area contributed by atoms with Gasteiger partial charge in [-0.25, -0.2) is 0 Å². The zero-order valence-electron chi connectivity index (χ0n) is 15.0. The van der Waals surface area contributed by atoms with Crippen molar-refractivity contribution in [2.75, 3.05) is 13.1 Å². The molecule has 2 atom stereocenters. The van der Waals surface area contributed by atoms with Crippen LogP contribution in [-0.4, -0.2) is 41.1 Å². The van der Waals surface area contributed by atoms with E-state index in [1.807, 2.05) is 6.07 Å². The Morgan fingerprint density at radius 3 is 2.48 bits per heavy atom. The van der Waals surface area contributed by atoms with E-state index in [4.69, 9.17) is 0 Å². The van der Waals surface area contributed by atoms with Gasteiger partial charge in [0.05, 0.1) is 6.10 Å². The van der Waals surface area contributed by atoms with E-state index in [0.717, 1.165) is 50.8 Å². The summed E-state index contributed by atoms with van der Waals surface area (Å²) in [6, 6.07) is 8.77. The predicted octanol–water partition coefficient (Wildman–Crippen LogP) is 2.81. The SMILES string of the molecule is O=C(NC1CCN(C2Cc3ccccc3C2O)CC1)C1CCCCC1. The van der Waals surface area contributed by atoms with Gasteiger partial charge in [0.15, 0.2) is 0 Å². The lowest BCUT2D eigenvalue weighted by molar-refractivity contribution is -0.127. The summed E-state index contributed by atoms with van der Waals surface area (Å²) < 4.78 is 0. The van der Waals surface area contributed by atoms with Crippen LogP contribution in [0, 0.1) is 5.92 Å². The summed E-state index contributed by atoms with van der Waals surface area (Å²) in [6.07, 6.45) is 8.40. The summed E-state index contributed by atoms with van der Waals surface area (Å²) in [7, 11) is 0. The van der Waals surface area contributed by atoms with Gasteiger partial charge < -0.3 is 10.4 Å². The fourth-order valence-corrected chi connectivity index (χ4v) is 4.94. The molecule has 1 saturated carbocycles. The molecule has 4 nitrogen and oxygen atoms in total. The number of hydrogen-bond acceptors (Lipinski definition) is 3. The van der Waals surface area contributed by atoms with Crippen molar-refractivity contribution >= 4 is 5.91 Å². The minimum atomic E-state index is -0.371. The van der Waals surface area contributed by atoms with E-state index in [9.17, 15) is 9.90 Å². The van der Waals surface area contributed by atoms with Crippen LogP contribution in [0.2, 0.25) is 0 Å². The molecular weight excluding hydrogens is 312 g/mol. The second-order valence-corrected chi connectivity index (χ2v) is 8.07. The first-order valence-corrected chi connectivity index (χ1v) is 10.0. The van der Waals surface area contributed by atoms with Crippen LogP contribution in [0.4, 0.5) is 0 Å². The maximum Gasteiger partial charge on any atom is 0.223 e. The minimum Gasteiger partial charge on any atom is -0.387 e. The molecule has 0 aromatic heterocycles. The molecular formula is C21H30N2O2. The summed E-state index contributed by atoms with van der Waals surface area (Å²) in [5.74, 6) is 0.532. The van der Waals surface area contributed by atoms with E-state index in [1.165, 1.54) is 24.8 Å². The summed E-state index contributed by atoms with van der Waals surface area (Å²) >= 11 is 0. The van der Waals surface area contributed by atoms with E-state index in [0.29, 0.717) is 6.04 Å². The number of amides is 1. The standard InChI is InChI=1S/C21H30N2O2/c24-20-18-9-5-4-8-16(18)14-19(20)23-12-10-17(11-13-23)22-21(25)15-6-2-1-3-7-15/h4-5,8-9,15,17,19-20,24H,1-3,6-7,10-14H2,(H,22,25). The molecule has 3 aliphatic rings. The molecule has 1 amide bonds. The van der Waals surface area contributed by atoms with Crippen LogP contribution in [-0.2, 0) is 11.2 Å². The number of nitrogens with zero attached hydrogens (tertiary/aromatic N) is 1. The highest BCUT2D eigenvalue weighted by Crippen LogP contribution is 2.35. The van der Waals surface area contributed by atoms with E-state index in [1.54, 1.807) is 0 Å². The smallest absolute Gasteiger partial charge is 0.223 e. The molecule has 4 rings (SSSR count). The second kappa shape index (κ2) is 7.46. The number of rotatable bonds is 3. The van der Waals surface area contributed by atoms with Crippen LogP contribution in [0.5, 0.6) is 0 Å². The average molecular weight is 342 g/mol. The first-order valence-electron chi connectivity index (χ1n) is 10.0. The van der Waals surface area contributed by atoms with E-state index < -0.39 is 0 Å². The second-order valence-electron chi connectivity index (χ2n) is 8.07. The van der Waals surface area contributed by atoms with Gasteiger partial charge in [-0.3, -0.25) is 9.69 Å². The van der Waals surface area contributed by atoms with Crippen molar-refractivity contribution in [3.63, 3.8) is 0 Å². The van der Waals surface area contributed by atoms with Crippen LogP contribution in [0.3, 0.4) is 0 Å². The molecule has 25 heavy (non-hydrogen) atoms. The topological polar surface area (TPSA) is 52.6 Å². The van der Waals surface area contributed by atoms with Gasteiger partial charge in [-0.2, -0.15) is 0 Å². The summed E-state index contributed by atoms with van der Waals surface area (Å²) in [4.78, 5) is 14.9. The summed E-state index contributed by atoms with van der Waals surface area (Å²) in [5, 5.41) is 14.0. The number of hydrogen-bond donors (Lipinski definition) is 2. The van der Waals surface area contributed by atoms with Crippen LogP contribution >= 0.6 is 0 Å². The maximum absolute atomic E-state index is 12.4. The van der Waals surface area contributed by atoms with Gasteiger partial charge in [0, 0.05) is 31.1 Å². The van der Waals surface area contributed by atoms with Crippen LogP contribution in [0.1, 0.15) is 62.2 Å². The largest absolute Gasteiger partial charge is 0.387 e. The van der Waals surface area contributed by atoms with E-state index >= 15 is 0 Å². The van der Waals surface area contributed by atoms with Gasteiger partial charge in [-0.15, -0.1) is 0 Å². The number of aliphatic hydroxyl groups excluding tert-OH is 1. The number of nitrogens with one attached hydrogen (secondary N) is 1. The van der Waals surface area contributed by atoms with Crippen molar-refractivity contribution in [2.45, 2.75) is 69.6 Å². The van der Waals surface area contributed by atoms with Crippen molar-refractivity contribution in [2.24, 2.45) is 5.92 Å². The van der Waals surface area contributed by atoms with Gasteiger partial charge in [0.2, 0.25) is 5.91 Å². The summed E-state index contributed by atoms with van der Waals surface area (Å²) in [6.45, 7) is 1.93. The van der Waals surface area contributed by atoms with Crippen molar-refractivity contribution in [3.05, 3.63) is 35.4 Å². The third-order valence-corrected chi connectivity index (χ3v) is 6.49. The van der Waals surface area contributed by atoms with Gasteiger partial charge in [0.25, 0.3) is 0 Å². The van der Waals surface area contributed by atoms with Gasteiger partial charge in [-0.1, -0.05) is 43.5 Å². The molecule has 1 aliphatic heterocycles. The van der Waals surface area contributed by atoms with Crippen molar-refractivity contribution < 1.29 is 9.90 Å². The Morgan fingerprint density at radius 2 is 1.76 bits per heavy atom. The molecule has 1 heterocycles.